The van der Waals surface area contributed by atoms with Crippen molar-refractivity contribution in [3.63, 3.8) is 0 Å². The fourth-order valence-electron chi connectivity index (χ4n) is 2.64. The Balaban J connectivity index is 1.43. The molecule has 0 aliphatic heterocycles. The number of ether oxygens (including phenoxy) is 1. The lowest BCUT2D eigenvalue weighted by Gasteiger charge is -2.01. The molecule has 0 saturated carbocycles. The summed E-state index contributed by atoms with van der Waals surface area (Å²) in [6, 6.07) is 14.5. The van der Waals surface area contributed by atoms with Crippen molar-refractivity contribution in [2.24, 2.45) is 0 Å². The van der Waals surface area contributed by atoms with Crippen LogP contribution in [0.1, 0.15) is 22.2 Å². The summed E-state index contributed by atoms with van der Waals surface area (Å²) in [5.74, 6) is -0.343. The highest BCUT2D eigenvalue weighted by Gasteiger charge is 2.18. The van der Waals surface area contributed by atoms with Crippen molar-refractivity contribution in [3.8, 4) is 16.9 Å². The van der Waals surface area contributed by atoms with E-state index in [-0.39, 0.29) is 18.2 Å². The van der Waals surface area contributed by atoms with E-state index in [0.29, 0.717) is 28.0 Å². The quantitative estimate of drug-likeness (QED) is 0.452. The van der Waals surface area contributed by atoms with Gasteiger partial charge in [-0.1, -0.05) is 28.9 Å². The second-order valence-corrected chi connectivity index (χ2v) is 6.57. The second-order valence-electron chi connectivity index (χ2n) is 6.13. The summed E-state index contributed by atoms with van der Waals surface area (Å²) in [4.78, 5) is 16.4. The first-order valence-electron chi connectivity index (χ1n) is 8.58. The third-order valence-corrected chi connectivity index (χ3v) is 4.32. The number of aromatic nitrogens is 4. The molecule has 4 rings (SSSR count). The Morgan fingerprint density at radius 3 is 2.62 bits per heavy atom. The van der Waals surface area contributed by atoms with E-state index in [1.54, 1.807) is 37.3 Å². The minimum absolute atomic E-state index is 0.107. The van der Waals surface area contributed by atoms with Gasteiger partial charge in [-0.15, -0.1) is 5.10 Å². The lowest BCUT2D eigenvalue weighted by molar-refractivity contribution is 0.0423. The molecule has 0 spiro atoms. The van der Waals surface area contributed by atoms with Crippen molar-refractivity contribution < 1.29 is 18.4 Å². The summed E-state index contributed by atoms with van der Waals surface area (Å²) in [6.45, 7) is 1.56. The van der Waals surface area contributed by atoms with Crippen LogP contribution in [0.4, 0.5) is 4.39 Å². The number of nitrogens with zero attached hydrogens (tertiary/aromatic N) is 4. The third-order valence-electron chi connectivity index (χ3n) is 4.07. The van der Waals surface area contributed by atoms with E-state index >= 15 is 0 Å². The maximum Gasteiger partial charge on any atom is 0.378 e. The summed E-state index contributed by atoms with van der Waals surface area (Å²) >= 11 is 5.87. The van der Waals surface area contributed by atoms with E-state index in [0.717, 1.165) is 5.56 Å². The first-order valence-corrected chi connectivity index (χ1v) is 8.95. The molecule has 146 valence electrons. The Morgan fingerprint density at radius 2 is 1.90 bits per heavy atom. The van der Waals surface area contributed by atoms with Gasteiger partial charge in [0, 0.05) is 16.7 Å². The van der Waals surface area contributed by atoms with Crippen molar-refractivity contribution >= 4 is 17.6 Å². The van der Waals surface area contributed by atoms with Crippen LogP contribution in [0.3, 0.4) is 0 Å². The van der Waals surface area contributed by atoms with Crippen molar-refractivity contribution in [2.75, 3.05) is 0 Å². The Morgan fingerprint density at radius 1 is 1.17 bits per heavy atom. The normalized spacial score (nSPS) is 10.9. The molecule has 2 heterocycles. The average molecular weight is 413 g/mol. The van der Waals surface area contributed by atoms with E-state index in [9.17, 15) is 9.18 Å². The Kier molecular flexibility index (Phi) is 5.09. The van der Waals surface area contributed by atoms with Gasteiger partial charge in [0.15, 0.2) is 12.4 Å². The first kappa shape index (κ1) is 18.8. The molecule has 0 aliphatic rings. The number of esters is 1. The van der Waals surface area contributed by atoms with Gasteiger partial charge in [-0.2, -0.15) is 0 Å². The fourth-order valence-corrected chi connectivity index (χ4v) is 2.77. The zero-order valence-corrected chi connectivity index (χ0v) is 15.9. The van der Waals surface area contributed by atoms with Crippen molar-refractivity contribution in [2.45, 2.75) is 13.5 Å². The highest BCUT2D eigenvalue weighted by Crippen LogP contribution is 2.21. The Hall–Kier alpha value is -3.52. The third kappa shape index (κ3) is 4.17. The summed E-state index contributed by atoms with van der Waals surface area (Å²) in [6.07, 6.45) is 0. The maximum atomic E-state index is 13.1. The van der Waals surface area contributed by atoms with Gasteiger partial charge in [0.1, 0.15) is 17.3 Å². The van der Waals surface area contributed by atoms with Gasteiger partial charge in [-0.3, -0.25) is 0 Å². The van der Waals surface area contributed by atoms with Crippen LogP contribution in [0.5, 0.6) is 0 Å². The minimum atomic E-state index is -0.710. The Labute approximate surface area is 169 Å². The van der Waals surface area contributed by atoms with Crippen LogP contribution in [0.25, 0.3) is 16.9 Å². The molecule has 0 amide bonds. The molecule has 0 atom stereocenters. The Bertz CT molecular complexity index is 1150. The largest absolute Gasteiger partial charge is 0.451 e. The summed E-state index contributed by atoms with van der Waals surface area (Å²) in [5.41, 5.74) is 2.01. The van der Waals surface area contributed by atoms with Crippen LogP contribution in [-0.4, -0.2) is 25.9 Å². The molecule has 0 N–H and O–H groups in total. The van der Waals surface area contributed by atoms with E-state index in [4.69, 9.17) is 20.9 Å². The van der Waals surface area contributed by atoms with Gasteiger partial charge in [-0.05, 0) is 43.3 Å². The summed E-state index contributed by atoms with van der Waals surface area (Å²) in [5, 5.41) is 8.71. The van der Waals surface area contributed by atoms with Crippen LogP contribution in [0.15, 0.2) is 59.1 Å². The van der Waals surface area contributed by atoms with Gasteiger partial charge in [0.05, 0.1) is 5.69 Å². The molecule has 0 bridgehead atoms. The number of carbonyl (C=O) groups is 1. The molecule has 7 nitrogen and oxygen atoms in total. The van der Waals surface area contributed by atoms with Crippen LogP contribution in [0.2, 0.25) is 5.02 Å². The molecule has 2 aromatic heterocycles. The predicted molar refractivity (Wildman–Crippen MR) is 102 cm³/mol. The number of rotatable bonds is 5. The molecule has 29 heavy (non-hydrogen) atoms. The molecule has 0 unspecified atom stereocenters. The fraction of sp³-hybridized carbons (Fsp3) is 0.100. The molecule has 0 aliphatic carbocycles. The van der Waals surface area contributed by atoms with Gasteiger partial charge in [-0.25, -0.2) is 18.9 Å². The van der Waals surface area contributed by atoms with E-state index in [1.807, 2.05) is 12.1 Å². The van der Waals surface area contributed by atoms with Gasteiger partial charge < -0.3 is 9.26 Å². The van der Waals surface area contributed by atoms with Crippen molar-refractivity contribution in [1.82, 2.24) is 19.9 Å². The number of hydrogen-bond donors (Lipinski definition) is 0. The first-order chi connectivity index (χ1) is 14.0. The maximum absolute atomic E-state index is 13.1. The van der Waals surface area contributed by atoms with Gasteiger partial charge in [0.25, 0.3) is 5.82 Å². The zero-order valence-electron chi connectivity index (χ0n) is 15.2. The molecule has 9 heteroatoms. The lowest BCUT2D eigenvalue weighted by Crippen LogP contribution is -2.08. The monoisotopic (exact) mass is 412 g/mol. The predicted octanol–water partition coefficient (Wildman–Crippen LogP) is 4.38. The molecule has 0 radical (unpaired) electrons. The van der Waals surface area contributed by atoms with Crippen LogP contribution >= 0.6 is 11.6 Å². The second kappa shape index (κ2) is 7.84. The number of benzene rings is 2. The number of carbonyl (C=O) groups excluding carboxylic acids is 1. The van der Waals surface area contributed by atoms with E-state index in [1.165, 1.54) is 16.8 Å². The topological polar surface area (TPSA) is 83.0 Å². The highest BCUT2D eigenvalue weighted by molar-refractivity contribution is 6.30. The minimum Gasteiger partial charge on any atom is -0.451 e. The lowest BCUT2D eigenvalue weighted by atomic mass is 10.1. The molecular formula is C20H14ClFN4O3. The highest BCUT2D eigenvalue weighted by atomic mass is 35.5. The summed E-state index contributed by atoms with van der Waals surface area (Å²) < 4.78 is 24.9. The summed E-state index contributed by atoms with van der Waals surface area (Å²) in [7, 11) is 0. The number of halogens is 2. The van der Waals surface area contributed by atoms with Crippen LogP contribution < -0.4 is 0 Å². The smallest absolute Gasteiger partial charge is 0.378 e. The molecular weight excluding hydrogens is 399 g/mol. The molecule has 2 aromatic carbocycles. The SMILES string of the molecule is Cc1nc(C(=O)OCc2cc(-c3ccc(Cl)cc3)no2)nn1-c1ccc(F)cc1. The molecule has 4 aromatic rings. The van der Waals surface area contributed by atoms with E-state index in [2.05, 4.69) is 15.2 Å². The van der Waals surface area contributed by atoms with Crippen LogP contribution in [0, 0.1) is 12.7 Å². The standard InChI is InChI=1S/C20H14ClFN4O3/c1-12-23-19(24-26(12)16-8-6-15(22)7-9-16)20(27)28-11-17-10-18(25-29-17)13-2-4-14(21)5-3-13/h2-10H,11H2,1H3. The van der Waals surface area contributed by atoms with Gasteiger partial charge in [0.2, 0.25) is 0 Å². The molecule has 0 saturated heterocycles. The van der Waals surface area contributed by atoms with Crippen LogP contribution in [-0.2, 0) is 11.3 Å². The van der Waals surface area contributed by atoms with E-state index < -0.39 is 5.97 Å². The zero-order chi connectivity index (χ0) is 20.4. The van der Waals surface area contributed by atoms with Crippen molar-refractivity contribution in [1.29, 1.82) is 0 Å². The number of hydrogen-bond acceptors (Lipinski definition) is 6. The molecule has 0 fully saturated rings. The van der Waals surface area contributed by atoms with Crippen molar-refractivity contribution in [3.05, 3.63) is 82.8 Å². The number of aryl methyl sites for hydroxylation is 1. The van der Waals surface area contributed by atoms with Gasteiger partial charge >= 0.3 is 5.97 Å². The average Bonchev–Trinajstić information content (AvgIpc) is 3.34.